The van der Waals surface area contributed by atoms with E-state index < -0.39 is 11.3 Å². The van der Waals surface area contributed by atoms with Crippen LogP contribution >= 0.6 is 0 Å². The number of rotatable bonds is 4. The lowest BCUT2D eigenvalue weighted by Gasteiger charge is -2.46. The summed E-state index contributed by atoms with van der Waals surface area (Å²) < 4.78 is 10.7. The van der Waals surface area contributed by atoms with Crippen LogP contribution in [0, 0.1) is 11.3 Å². The van der Waals surface area contributed by atoms with E-state index in [0.717, 1.165) is 25.0 Å². The Labute approximate surface area is 159 Å². The van der Waals surface area contributed by atoms with E-state index in [2.05, 4.69) is 0 Å². The first-order chi connectivity index (χ1) is 13.1. The Morgan fingerprint density at radius 3 is 2.74 bits per heavy atom. The molecule has 0 spiro atoms. The van der Waals surface area contributed by atoms with Crippen molar-refractivity contribution in [2.75, 3.05) is 39.5 Å². The van der Waals surface area contributed by atoms with Crippen LogP contribution in [-0.2, 0) is 23.9 Å². The number of esters is 1. The number of morpholine rings is 1. The molecule has 4 aliphatic rings. The number of amides is 2. The largest absolute Gasteiger partial charge is 0.465 e. The average molecular weight is 376 g/mol. The van der Waals surface area contributed by atoms with Gasteiger partial charge < -0.3 is 19.3 Å². The molecule has 4 rings (SSSR count). The van der Waals surface area contributed by atoms with Gasteiger partial charge in [0.15, 0.2) is 0 Å². The molecule has 2 saturated heterocycles. The third-order valence-corrected chi connectivity index (χ3v) is 6.43. The Kier molecular flexibility index (Phi) is 4.97. The number of carbonyl (C=O) groups excluding carboxylic acids is 3. The maximum absolute atomic E-state index is 13.2. The normalized spacial score (nSPS) is 30.4. The van der Waals surface area contributed by atoms with Gasteiger partial charge in [-0.15, -0.1) is 0 Å². The van der Waals surface area contributed by atoms with Crippen molar-refractivity contribution in [2.45, 2.75) is 45.4 Å². The zero-order chi connectivity index (χ0) is 19.0. The standard InChI is InChI=1S/C20H28N2O5/c1-2-27-19(25)20-6-5-14-4-3-7-22(17(14)20)18(24)15(13-20)12-16(23)21-8-10-26-11-9-21/h15H,2-13H2,1H3/t15-,20-/m1/s1. The van der Waals surface area contributed by atoms with Crippen LogP contribution in [0.5, 0.6) is 0 Å². The average Bonchev–Trinajstić information content (AvgIpc) is 3.07. The van der Waals surface area contributed by atoms with Crippen LogP contribution in [0.4, 0.5) is 0 Å². The molecule has 7 heteroatoms. The molecule has 2 fully saturated rings. The molecular formula is C20H28N2O5. The molecule has 3 aliphatic heterocycles. The highest BCUT2D eigenvalue weighted by molar-refractivity contribution is 5.93. The summed E-state index contributed by atoms with van der Waals surface area (Å²) in [6.07, 6.45) is 3.99. The monoisotopic (exact) mass is 376 g/mol. The van der Waals surface area contributed by atoms with Gasteiger partial charge >= 0.3 is 5.97 Å². The van der Waals surface area contributed by atoms with Crippen LogP contribution in [0.2, 0.25) is 0 Å². The van der Waals surface area contributed by atoms with Gasteiger partial charge in [-0.3, -0.25) is 14.4 Å². The zero-order valence-corrected chi connectivity index (χ0v) is 16.0. The molecule has 0 unspecified atom stereocenters. The van der Waals surface area contributed by atoms with Gasteiger partial charge in [-0.1, -0.05) is 0 Å². The molecule has 2 atom stereocenters. The quantitative estimate of drug-likeness (QED) is 0.695. The number of hydrogen-bond donors (Lipinski definition) is 0. The molecule has 0 N–H and O–H groups in total. The van der Waals surface area contributed by atoms with Crippen molar-refractivity contribution in [3.63, 3.8) is 0 Å². The van der Waals surface area contributed by atoms with Crippen molar-refractivity contribution in [1.82, 2.24) is 9.80 Å². The number of piperidine rings is 1. The van der Waals surface area contributed by atoms with Crippen LogP contribution in [0.1, 0.15) is 45.4 Å². The van der Waals surface area contributed by atoms with Gasteiger partial charge in [0.2, 0.25) is 11.8 Å². The van der Waals surface area contributed by atoms with Crippen molar-refractivity contribution in [1.29, 1.82) is 0 Å². The van der Waals surface area contributed by atoms with Gasteiger partial charge in [-0.25, -0.2) is 0 Å². The Hall–Kier alpha value is -1.89. The van der Waals surface area contributed by atoms with E-state index >= 15 is 0 Å². The van der Waals surface area contributed by atoms with Crippen LogP contribution in [-0.4, -0.2) is 67.0 Å². The maximum atomic E-state index is 13.2. The van der Waals surface area contributed by atoms with E-state index in [1.807, 2.05) is 11.8 Å². The fourth-order valence-corrected chi connectivity index (χ4v) is 5.21. The minimum atomic E-state index is -0.740. The number of allylic oxidation sites excluding steroid dienone is 1. The molecule has 1 aliphatic carbocycles. The number of ether oxygens (including phenoxy) is 2. The first-order valence-corrected chi connectivity index (χ1v) is 10.1. The Morgan fingerprint density at radius 2 is 2.00 bits per heavy atom. The number of hydrogen-bond acceptors (Lipinski definition) is 5. The molecule has 0 aromatic rings. The number of nitrogens with zero attached hydrogens (tertiary/aromatic N) is 2. The van der Waals surface area contributed by atoms with E-state index in [-0.39, 0.29) is 24.2 Å². The van der Waals surface area contributed by atoms with Crippen molar-refractivity contribution in [3.8, 4) is 0 Å². The molecular weight excluding hydrogens is 348 g/mol. The minimum Gasteiger partial charge on any atom is -0.465 e. The smallest absolute Gasteiger partial charge is 0.318 e. The molecule has 7 nitrogen and oxygen atoms in total. The first-order valence-electron chi connectivity index (χ1n) is 10.1. The summed E-state index contributed by atoms with van der Waals surface area (Å²) in [7, 11) is 0. The summed E-state index contributed by atoms with van der Waals surface area (Å²) in [6, 6.07) is 0. The molecule has 0 saturated carbocycles. The summed E-state index contributed by atoms with van der Waals surface area (Å²) in [5.41, 5.74) is 1.41. The Bertz CT molecular complexity index is 682. The lowest BCUT2D eigenvalue weighted by Crippen LogP contribution is -2.53. The van der Waals surface area contributed by atoms with Gasteiger partial charge in [0.05, 0.1) is 19.8 Å². The molecule has 148 valence electrons. The highest BCUT2D eigenvalue weighted by Gasteiger charge is 2.58. The van der Waals surface area contributed by atoms with E-state index in [0.29, 0.717) is 52.3 Å². The third kappa shape index (κ3) is 3.06. The second-order valence-corrected chi connectivity index (χ2v) is 7.95. The van der Waals surface area contributed by atoms with E-state index in [1.165, 1.54) is 5.57 Å². The van der Waals surface area contributed by atoms with Gasteiger partial charge in [0, 0.05) is 37.7 Å². The zero-order valence-electron chi connectivity index (χ0n) is 16.0. The molecule has 0 aromatic heterocycles. The summed E-state index contributed by atoms with van der Waals surface area (Å²) in [6.45, 7) is 5.00. The SMILES string of the molecule is CCOC(=O)[C@@]12CCC3=C1N(CCC3)C(=O)[C@H](CC(=O)N1CCOCC1)C2. The minimum absolute atomic E-state index is 0.00522. The maximum Gasteiger partial charge on any atom is 0.318 e. The van der Waals surface area contributed by atoms with Crippen molar-refractivity contribution < 1.29 is 23.9 Å². The summed E-state index contributed by atoms with van der Waals surface area (Å²) in [5.74, 6) is -0.687. The number of carbonyl (C=O) groups is 3. The predicted molar refractivity (Wildman–Crippen MR) is 96.4 cm³/mol. The van der Waals surface area contributed by atoms with Crippen LogP contribution in [0.25, 0.3) is 0 Å². The molecule has 0 bridgehead atoms. The molecule has 3 heterocycles. The van der Waals surface area contributed by atoms with Crippen molar-refractivity contribution >= 4 is 17.8 Å². The highest BCUT2D eigenvalue weighted by atomic mass is 16.5. The van der Waals surface area contributed by atoms with E-state index in [9.17, 15) is 14.4 Å². The van der Waals surface area contributed by atoms with Crippen LogP contribution in [0.15, 0.2) is 11.3 Å². The highest BCUT2D eigenvalue weighted by Crippen LogP contribution is 2.55. The van der Waals surface area contributed by atoms with Gasteiger partial charge in [0.1, 0.15) is 5.41 Å². The van der Waals surface area contributed by atoms with Crippen LogP contribution < -0.4 is 0 Å². The predicted octanol–water partition coefficient (Wildman–Crippen LogP) is 1.48. The second-order valence-electron chi connectivity index (χ2n) is 7.95. The van der Waals surface area contributed by atoms with E-state index in [1.54, 1.807) is 4.90 Å². The topological polar surface area (TPSA) is 76.2 Å². The fourth-order valence-electron chi connectivity index (χ4n) is 5.21. The third-order valence-electron chi connectivity index (χ3n) is 6.43. The van der Waals surface area contributed by atoms with Crippen molar-refractivity contribution in [3.05, 3.63) is 11.3 Å². The molecule has 0 radical (unpaired) electrons. The van der Waals surface area contributed by atoms with E-state index in [4.69, 9.17) is 9.47 Å². The lowest BCUT2D eigenvalue weighted by molar-refractivity contribution is -0.161. The molecule has 0 aromatic carbocycles. The summed E-state index contributed by atoms with van der Waals surface area (Å²) >= 11 is 0. The lowest BCUT2D eigenvalue weighted by atomic mass is 9.71. The fraction of sp³-hybridized carbons (Fsp3) is 0.750. The van der Waals surface area contributed by atoms with Gasteiger partial charge in [-0.2, -0.15) is 0 Å². The molecule has 2 amide bonds. The molecule has 27 heavy (non-hydrogen) atoms. The summed E-state index contributed by atoms with van der Waals surface area (Å²) in [5, 5.41) is 0. The Balaban J connectivity index is 1.60. The van der Waals surface area contributed by atoms with Gasteiger partial charge in [0.25, 0.3) is 0 Å². The first kappa shape index (κ1) is 18.5. The van der Waals surface area contributed by atoms with Crippen LogP contribution in [0.3, 0.4) is 0 Å². The summed E-state index contributed by atoms with van der Waals surface area (Å²) in [4.78, 5) is 42.5. The van der Waals surface area contributed by atoms with Gasteiger partial charge in [-0.05, 0) is 44.6 Å². The Morgan fingerprint density at radius 1 is 1.22 bits per heavy atom. The second kappa shape index (κ2) is 7.26. The van der Waals surface area contributed by atoms with Crippen molar-refractivity contribution in [2.24, 2.45) is 11.3 Å².